The number of aliphatic hydroxyl groups is 3. The largest absolute Gasteiger partial charge is 1.00 e. The SMILES string of the molecule is CCCCCCCCCCCCCCCCCC[N+](CO)(CCO)CCCO.[Cl-]. The molecule has 3 N–H and O–H groups in total. The topological polar surface area (TPSA) is 60.7 Å². The summed E-state index contributed by atoms with van der Waals surface area (Å²) in [6.07, 6.45) is 22.5. The van der Waals surface area contributed by atoms with Crippen LogP contribution in [0.5, 0.6) is 0 Å². The number of rotatable bonds is 23. The predicted molar refractivity (Wildman–Crippen MR) is 120 cm³/mol. The summed E-state index contributed by atoms with van der Waals surface area (Å²) in [5, 5.41) is 28.1. The van der Waals surface area contributed by atoms with Crippen LogP contribution in [0.2, 0.25) is 0 Å². The third-order valence-electron chi connectivity index (χ3n) is 6.15. The molecular weight excluding hydrogens is 386 g/mol. The van der Waals surface area contributed by atoms with Crippen LogP contribution in [0, 0.1) is 0 Å². The van der Waals surface area contributed by atoms with Gasteiger partial charge in [-0.2, -0.15) is 0 Å². The first-order chi connectivity index (χ1) is 13.7. The summed E-state index contributed by atoms with van der Waals surface area (Å²) in [5.41, 5.74) is 0. The van der Waals surface area contributed by atoms with Crippen molar-refractivity contribution in [3.8, 4) is 0 Å². The average molecular weight is 438 g/mol. The molecule has 0 aliphatic heterocycles. The molecule has 0 radical (unpaired) electrons. The monoisotopic (exact) mass is 437 g/mol. The Morgan fingerprint density at radius 3 is 1.17 bits per heavy atom. The minimum Gasteiger partial charge on any atom is -1.00 e. The number of aliphatic hydroxyl groups excluding tert-OH is 3. The van der Waals surface area contributed by atoms with E-state index in [1.165, 1.54) is 96.3 Å². The van der Waals surface area contributed by atoms with E-state index in [0.29, 0.717) is 17.4 Å². The maximum absolute atomic E-state index is 9.74. The van der Waals surface area contributed by atoms with Crippen LogP contribution in [0.1, 0.15) is 116 Å². The second kappa shape index (κ2) is 24.4. The van der Waals surface area contributed by atoms with Crippen molar-refractivity contribution in [3.63, 3.8) is 0 Å². The third-order valence-corrected chi connectivity index (χ3v) is 6.15. The molecule has 0 heterocycles. The molecule has 0 aromatic rings. The van der Waals surface area contributed by atoms with Crippen LogP contribution in [0.25, 0.3) is 0 Å². The molecule has 1 unspecified atom stereocenters. The van der Waals surface area contributed by atoms with E-state index in [4.69, 9.17) is 5.11 Å². The fraction of sp³-hybridized carbons (Fsp3) is 1.00. The first-order valence-electron chi connectivity index (χ1n) is 12.4. The Hall–Kier alpha value is 0.130. The lowest BCUT2D eigenvalue weighted by atomic mass is 10.0. The Labute approximate surface area is 188 Å². The number of quaternary nitrogens is 1. The van der Waals surface area contributed by atoms with Crippen molar-refractivity contribution in [1.29, 1.82) is 0 Å². The molecule has 0 rings (SSSR count). The lowest BCUT2D eigenvalue weighted by molar-refractivity contribution is -0.945. The highest BCUT2D eigenvalue weighted by Crippen LogP contribution is 2.15. The number of hydrogen-bond donors (Lipinski definition) is 3. The Morgan fingerprint density at radius 1 is 0.448 bits per heavy atom. The maximum atomic E-state index is 9.74. The molecule has 0 aliphatic carbocycles. The van der Waals surface area contributed by atoms with Crippen molar-refractivity contribution in [2.45, 2.75) is 116 Å². The van der Waals surface area contributed by atoms with E-state index in [0.717, 1.165) is 19.5 Å². The molecule has 5 heteroatoms. The van der Waals surface area contributed by atoms with Crippen molar-refractivity contribution in [2.24, 2.45) is 0 Å². The van der Waals surface area contributed by atoms with Gasteiger partial charge in [0.05, 0.1) is 19.7 Å². The van der Waals surface area contributed by atoms with E-state index in [-0.39, 0.29) is 32.4 Å². The summed E-state index contributed by atoms with van der Waals surface area (Å²) >= 11 is 0. The molecule has 0 spiro atoms. The molecule has 0 bridgehead atoms. The van der Waals surface area contributed by atoms with Gasteiger partial charge in [-0.05, 0) is 12.8 Å². The van der Waals surface area contributed by atoms with Gasteiger partial charge in [0.2, 0.25) is 0 Å². The number of nitrogens with zero attached hydrogens (tertiary/aromatic N) is 1. The summed E-state index contributed by atoms with van der Waals surface area (Å²) in [6.45, 7) is 4.87. The summed E-state index contributed by atoms with van der Waals surface area (Å²) in [4.78, 5) is 0. The van der Waals surface area contributed by atoms with Gasteiger partial charge in [0.25, 0.3) is 0 Å². The zero-order valence-electron chi connectivity index (χ0n) is 19.4. The van der Waals surface area contributed by atoms with Crippen LogP contribution in [-0.4, -0.2) is 59.4 Å². The summed E-state index contributed by atoms with van der Waals surface area (Å²) in [6, 6.07) is 0. The zero-order chi connectivity index (χ0) is 20.8. The van der Waals surface area contributed by atoms with Crippen LogP contribution in [-0.2, 0) is 0 Å². The molecule has 29 heavy (non-hydrogen) atoms. The second-order valence-corrected chi connectivity index (χ2v) is 8.76. The smallest absolute Gasteiger partial charge is 0.180 e. The van der Waals surface area contributed by atoms with E-state index < -0.39 is 0 Å². The van der Waals surface area contributed by atoms with Crippen LogP contribution < -0.4 is 12.4 Å². The van der Waals surface area contributed by atoms with Crippen molar-refractivity contribution in [2.75, 3.05) is 39.6 Å². The van der Waals surface area contributed by atoms with Gasteiger partial charge < -0.3 is 27.7 Å². The average Bonchev–Trinajstić information content (AvgIpc) is 2.71. The van der Waals surface area contributed by atoms with Gasteiger partial charge in [-0.1, -0.05) is 96.8 Å². The second-order valence-electron chi connectivity index (χ2n) is 8.76. The molecular formula is C24H52ClNO3. The third kappa shape index (κ3) is 19.8. The molecule has 0 fully saturated rings. The van der Waals surface area contributed by atoms with Crippen molar-refractivity contribution >= 4 is 0 Å². The van der Waals surface area contributed by atoms with Crippen LogP contribution in [0.3, 0.4) is 0 Å². The highest BCUT2D eigenvalue weighted by molar-refractivity contribution is 4.51. The molecule has 0 aliphatic rings. The quantitative estimate of drug-likeness (QED) is 0.131. The van der Waals surface area contributed by atoms with E-state index in [9.17, 15) is 10.2 Å². The van der Waals surface area contributed by atoms with Crippen LogP contribution in [0.15, 0.2) is 0 Å². The fourth-order valence-corrected chi connectivity index (χ4v) is 4.16. The molecule has 0 aromatic carbocycles. The highest BCUT2D eigenvalue weighted by atomic mass is 35.5. The lowest BCUT2D eigenvalue weighted by Gasteiger charge is -2.36. The Bertz CT molecular complexity index is 308. The number of hydrogen-bond acceptors (Lipinski definition) is 3. The van der Waals surface area contributed by atoms with Gasteiger partial charge in [0.1, 0.15) is 6.54 Å². The highest BCUT2D eigenvalue weighted by Gasteiger charge is 2.24. The molecule has 0 saturated heterocycles. The number of halogens is 1. The van der Waals surface area contributed by atoms with Gasteiger partial charge in [-0.15, -0.1) is 0 Å². The van der Waals surface area contributed by atoms with Gasteiger partial charge in [-0.3, -0.25) is 4.48 Å². The van der Waals surface area contributed by atoms with Crippen molar-refractivity contribution < 1.29 is 32.2 Å². The summed E-state index contributed by atoms with van der Waals surface area (Å²) in [7, 11) is 0. The molecule has 1 atom stereocenters. The molecule has 0 amide bonds. The molecule has 4 nitrogen and oxygen atoms in total. The normalized spacial score (nSPS) is 13.2. The summed E-state index contributed by atoms with van der Waals surface area (Å²) < 4.78 is 0.537. The van der Waals surface area contributed by atoms with Gasteiger partial charge in [0.15, 0.2) is 6.73 Å². The molecule has 0 saturated carbocycles. The van der Waals surface area contributed by atoms with E-state index >= 15 is 0 Å². The Kier molecular flexibility index (Phi) is 26.3. The zero-order valence-corrected chi connectivity index (χ0v) is 20.2. The van der Waals surface area contributed by atoms with E-state index in [1.54, 1.807) is 0 Å². The number of unbranched alkanes of at least 4 members (excludes halogenated alkanes) is 15. The van der Waals surface area contributed by atoms with Gasteiger partial charge >= 0.3 is 0 Å². The van der Waals surface area contributed by atoms with Crippen LogP contribution >= 0.6 is 0 Å². The lowest BCUT2D eigenvalue weighted by Crippen LogP contribution is -3.00. The minimum absolute atomic E-state index is 0. The predicted octanol–water partition coefficient (Wildman–Crippen LogP) is 2.39. The van der Waals surface area contributed by atoms with Gasteiger partial charge in [-0.25, -0.2) is 0 Å². The van der Waals surface area contributed by atoms with Crippen molar-refractivity contribution in [1.82, 2.24) is 0 Å². The Balaban J connectivity index is 0. The minimum atomic E-state index is 0. The van der Waals surface area contributed by atoms with E-state index in [2.05, 4.69) is 6.92 Å². The Morgan fingerprint density at radius 2 is 0.828 bits per heavy atom. The van der Waals surface area contributed by atoms with Crippen LogP contribution in [0.4, 0.5) is 0 Å². The van der Waals surface area contributed by atoms with Gasteiger partial charge in [0, 0.05) is 13.0 Å². The maximum Gasteiger partial charge on any atom is 0.180 e. The molecule has 178 valence electrons. The molecule has 0 aromatic heterocycles. The summed E-state index contributed by atoms with van der Waals surface area (Å²) in [5.74, 6) is 0. The first kappa shape index (κ1) is 31.3. The van der Waals surface area contributed by atoms with Crippen molar-refractivity contribution in [3.05, 3.63) is 0 Å². The van der Waals surface area contributed by atoms with E-state index in [1.807, 2.05) is 0 Å². The fourth-order valence-electron chi connectivity index (χ4n) is 4.16. The first-order valence-corrected chi connectivity index (χ1v) is 12.4. The standard InChI is InChI=1S/C24H52NO3.ClH/c1-2-3-4-5-6-7-8-9-10-11-12-13-14-15-16-17-19-25(24-28,21-23-27)20-18-22-26;/h26-28H,2-24H2,1H3;1H/q+1;/p-1.